The van der Waals surface area contributed by atoms with Crippen LogP contribution >= 0.6 is 13.4 Å². The Balaban J connectivity index is 1.30. The number of aromatic nitrogens is 6. The predicted molar refractivity (Wildman–Crippen MR) is 273 cm³/mol. The van der Waals surface area contributed by atoms with E-state index in [9.17, 15) is 34.1 Å². The van der Waals surface area contributed by atoms with Crippen LogP contribution in [0.3, 0.4) is 0 Å². The van der Waals surface area contributed by atoms with Crippen LogP contribution in [0.2, 0.25) is 0 Å². The zero-order chi connectivity index (χ0) is 55.2. The Bertz CT molecular complexity index is 2760. The van der Waals surface area contributed by atoms with Crippen LogP contribution < -0.4 is 34.1 Å². The van der Waals surface area contributed by atoms with E-state index in [1.54, 1.807) is 13.8 Å². The Morgan fingerprint density at radius 3 is 1.49 bits per heavy atom. The van der Waals surface area contributed by atoms with Gasteiger partial charge in [0.2, 0.25) is 0 Å². The lowest BCUT2D eigenvalue weighted by Gasteiger charge is -2.31. The molecule has 3 aromatic rings. The first-order valence-corrected chi connectivity index (χ1v) is 28.8. The molecular formula is C43H68N8O20P2S2. The summed E-state index contributed by atoms with van der Waals surface area (Å²) in [5.74, 6) is -0.0299. The minimum absolute atomic E-state index is 0.00711. The van der Waals surface area contributed by atoms with Crippen molar-refractivity contribution in [3.8, 4) is 0 Å². The van der Waals surface area contributed by atoms with Crippen LogP contribution in [0.25, 0.3) is 0 Å². The molecule has 0 aromatic carbocycles. The van der Waals surface area contributed by atoms with Gasteiger partial charge in [0, 0.05) is 56.6 Å². The van der Waals surface area contributed by atoms with E-state index in [0.717, 1.165) is 9.13 Å². The van der Waals surface area contributed by atoms with Crippen LogP contribution in [0.15, 0.2) is 37.8 Å². The van der Waals surface area contributed by atoms with Crippen molar-refractivity contribution in [3.05, 3.63) is 77.1 Å². The third-order valence-corrected chi connectivity index (χ3v) is 15.2. The van der Waals surface area contributed by atoms with E-state index in [2.05, 4.69) is 15.0 Å². The summed E-state index contributed by atoms with van der Waals surface area (Å²) in [5.41, 5.74) is 9.49. The lowest BCUT2D eigenvalue weighted by atomic mass is 9.87. The van der Waals surface area contributed by atoms with Crippen LogP contribution in [-0.2, 0) is 84.3 Å². The van der Waals surface area contributed by atoms with Gasteiger partial charge < -0.3 is 78.0 Å². The molecular weight excluding hydrogens is 1070 g/mol. The van der Waals surface area contributed by atoms with Gasteiger partial charge in [0.05, 0.1) is 59.0 Å². The molecule has 6 heterocycles. The maximum atomic E-state index is 13.5. The van der Waals surface area contributed by atoms with Crippen molar-refractivity contribution in [2.24, 2.45) is 5.41 Å². The number of nitrogens with zero attached hydrogens (tertiary/aromatic N) is 5. The number of aromatic amines is 1. The van der Waals surface area contributed by atoms with Gasteiger partial charge in [0.15, 0.2) is 18.7 Å². The van der Waals surface area contributed by atoms with E-state index in [0.29, 0.717) is 17.5 Å². The van der Waals surface area contributed by atoms with Crippen LogP contribution in [0.1, 0.15) is 62.6 Å². The largest absolute Gasteiger partial charge is 0.387 e. The first kappa shape index (κ1) is 60.9. The molecule has 32 heteroatoms. The van der Waals surface area contributed by atoms with Gasteiger partial charge in [-0.1, -0.05) is 20.8 Å². The van der Waals surface area contributed by atoms with Gasteiger partial charge >= 0.3 is 30.5 Å². The van der Waals surface area contributed by atoms with Crippen LogP contribution in [0.5, 0.6) is 0 Å². The number of aliphatic hydroxyl groups is 1. The zero-order valence-electron chi connectivity index (χ0n) is 42.9. The second-order valence-corrected chi connectivity index (χ2v) is 24.7. The Kier molecular flexibility index (Phi) is 21.2. The zero-order valence-corrected chi connectivity index (χ0v) is 46.3. The fourth-order valence-corrected chi connectivity index (χ4v) is 11.3. The standard InChI is InChI=1S/C43H68N8O20P2S2/c1-22-17-49(40(54)46-34(22)44)38-32(63-14-11-60-8)29(25(67-38)16-43(4,5)6)70-73(58,75)66-21-27-30(33(64-15-12-61-9)39(69-27)50-18-23(2)35(45)47-41(50)55)71-72(57,74)65-20-26-28(52)31(62-13-10-59-7)37(68-26)51-19-24(3)36(53)48-42(51)56/h17-19,25-33,37-39,52H,10-16,20-21H2,1-9H3,(H,57,74)(H,58,75)(H2,44,46,54)(H2,45,47,55)(H,48,53,56)/t25-,26-,27-,28+,29+,30+,31?,32?,33?,37-,38-,39-,72?,73?/m1/s1. The molecule has 8 N–H and O–H groups in total. The van der Waals surface area contributed by atoms with Crippen molar-refractivity contribution in [3.63, 3.8) is 0 Å². The predicted octanol–water partition coefficient (Wildman–Crippen LogP) is -0.0386. The number of rotatable bonds is 26. The van der Waals surface area contributed by atoms with E-state index in [1.165, 1.54) is 51.4 Å². The average Bonchev–Trinajstić information content (AvgIpc) is 3.94. The molecule has 3 aliphatic rings. The number of hydrogen-bond donors (Lipinski definition) is 6. The van der Waals surface area contributed by atoms with E-state index in [-0.39, 0.29) is 56.8 Å². The van der Waals surface area contributed by atoms with E-state index >= 15 is 0 Å². The topological polar surface area (TPSA) is 357 Å². The number of H-pyrrole nitrogens is 1. The highest BCUT2D eigenvalue weighted by Crippen LogP contribution is 2.53. The number of anilines is 2. The molecule has 3 saturated heterocycles. The number of methoxy groups -OCH3 is 3. The maximum absolute atomic E-state index is 13.5. The van der Waals surface area contributed by atoms with Gasteiger partial charge in [-0.3, -0.25) is 32.5 Å². The molecule has 0 amide bonds. The molecule has 422 valence electrons. The highest BCUT2D eigenvalue weighted by molar-refractivity contribution is 8.07. The van der Waals surface area contributed by atoms with Crippen molar-refractivity contribution in [1.29, 1.82) is 0 Å². The summed E-state index contributed by atoms with van der Waals surface area (Å²) in [4.78, 5) is 85.9. The van der Waals surface area contributed by atoms with Gasteiger partial charge in [-0.05, 0) is 56.2 Å². The number of nitrogens with one attached hydrogen (secondary N) is 1. The highest BCUT2D eigenvalue weighted by Gasteiger charge is 2.54. The van der Waals surface area contributed by atoms with Gasteiger partial charge in [-0.25, -0.2) is 14.4 Å². The average molecular weight is 1140 g/mol. The van der Waals surface area contributed by atoms with Gasteiger partial charge in [0.1, 0.15) is 60.5 Å². The molecule has 0 radical (unpaired) electrons. The third-order valence-electron chi connectivity index (χ3n) is 12.1. The number of aryl methyl sites for hydroxylation is 3. The van der Waals surface area contributed by atoms with Crippen molar-refractivity contribution >= 4 is 48.7 Å². The van der Waals surface area contributed by atoms with Crippen LogP contribution in [0, 0.1) is 26.2 Å². The quantitative estimate of drug-likeness (QED) is 0.0454. The van der Waals surface area contributed by atoms with E-state index in [4.69, 9.17) is 95.8 Å². The van der Waals surface area contributed by atoms with Crippen molar-refractivity contribution < 1.29 is 75.6 Å². The number of hydrogen-bond acceptors (Lipinski definition) is 24. The molecule has 75 heavy (non-hydrogen) atoms. The summed E-state index contributed by atoms with van der Waals surface area (Å²) in [7, 11) is 4.35. The molecule has 0 spiro atoms. The van der Waals surface area contributed by atoms with Crippen molar-refractivity contribution in [2.45, 2.75) is 122 Å². The summed E-state index contributed by atoms with van der Waals surface area (Å²) in [5, 5.41) is 11.5. The number of nitrogen functional groups attached to an aromatic ring is 2. The second kappa shape index (κ2) is 26.1. The lowest BCUT2D eigenvalue weighted by molar-refractivity contribution is -0.0838. The third kappa shape index (κ3) is 15.5. The summed E-state index contributed by atoms with van der Waals surface area (Å²) >= 11 is 11.2. The molecule has 3 fully saturated rings. The fourth-order valence-electron chi connectivity index (χ4n) is 8.44. The second-order valence-electron chi connectivity index (χ2n) is 19.1. The first-order valence-electron chi connectivity index (χ1n) is 23.6. The molecule has 5 unspecified atom stereocenters. The Morgan fingerprint density at radius 2 is 1.03 bits per heavy atom. The summed E-state index contributed by atoms with van der Waals surface area (Å²) in [6.07, 6.45) is -10.9. The molecule has 14 atom stereocenters. The minimum atomic E-state index is -4.53. The Morgan fingerprint density at radius 1 is 0.627 bits per heavy atom. The monoisotopic (exact) mass is 1140 g/mol. The summed E-state index contributed by atoms with van der Waals surface area (Å²) in [6.45, 7) is 0.473. The van der Waals surface area contributed by atoms with E-state index in [1.807, 2.05) is 20.8 Å². The van der Waals surface area contributed by atoms with Crippen LogP contribution in [-0.4, -0.2) is 173 Å². The molecule has 28 nitrogen and oxygen atoms in total. The normalized spacial score (nSPS) is 28.7. The summed E-state index contributed by atoms with van der Waals surface area (Å²) < 4.78 is 80.7. The molecule has 6 rings (SSSR count). The van der Waals surface area contributed by atoms with Crippen LogP contribution in [0.4, 0.5) is 11.6 Å². The molecule has 0 saturated carbocycles. The smallest absolute Gasteiger partial charge is 0.351 e. The van der Waals surface area contributed by atoms with Crippen molar-refractivity contribution in [2.75, 3.05) is 85.7 Å². The Labute approximate surface area is 441 Å². The maximum Gasteiger partial charge on any atom is 0.351 e. The molecule has 3 aliphatic heterocycles. The summed E-state index contributed by atoms with van der Waals surface area (Å²) in [6, 6.07) is 0. The fraction of sp³-hybridized carbons (Fsp3) is 0.721. The first-order chi connectivity index (χ1) is 35.3. The number of ether oxygens (including phenoxy) is 9. The number of aliphatic hydroxyl groups excluding tert-OH is 1. The van der Waals surface area contributed by atoms with Gasteiger partial charge in [-0.15, -0.1) is 0 Å². The van der Waals surface area contributed by atoms with E-state index < -0.39 is 128 Å². The minimum Gasteiger partial charge on any atom is -0.387 e. The SMILES string of the molecule is COCCOC1[C@@H](O)[C@@H](COP(O)(=S)O[C@@H]2C(OCCOC)[C@H](n3cc(C)c(N)nc3=O)O[C@@H]2COP(O)(=S)O[C@@H]2C(OCCOC)[C@H](n3cc(C)c(N)nc3=O)O[C@@H]2CC(C)(C)C)O[C@H]1n1cc(C)c(=O)[nH]c1=O. The molecule has 0 bridgehead atoms. The highest BCUT2D eigenvalue weighted by atomic mass is 32.5. The van der Waals surface area contributed by atoms with Crippen molar-refractivity contribution in [1.82, 2.24) is 28.7 Å². The Hall–Kier alpha value is -3.30. The lowest BCUT2D eigenvalue weighted by Crippen LogP contribution is -2.41. The molecule has 0 aliphatic carbocycles. The van der Waals surface area contributed by atoms with Gasteiger partial charge in [-0.2, -0.15) is 9.97 Å². The number of nitrogens with two attached hydrogens (primary N) is 2. The molecule has 3 aromatic heterocycles. The van der Waals surface area contributed by atoms with Gasteiger partial charge in [0.25, 0.3) is 5.56 Å².